The number of methoxy groups -OCH3 is 4. The van der Waals surface area contributed by atoms with Crippen LogP contribution < -0.4 is 18.9 Å². The summed E-state index contributed by atoms with van der Waals surface area (Å²) in [5, 5.41) is 4.81. The first-order chi connectivity index (χ1) is 16.7. The zero-order valence-electron chi connectivity index (χ0n) is 20.4. The van der Waals surface area contributed by atoms with Crippen LogP contribution >= 0.6 is 0 Å². The number of hydrogen-bond donors (Lipinski definition) is 0. The molecule has 1 aliphatic rings. The van der Waals surface area contributed by atoms with Gasteiger partial charge in [-0.3, -0.25) is 0 Å². The highest BCUT2D eigenvalue weighted by Crippen LogP contribution is 2.44. The zero-order valence-corrected chi connectivity index (χ0v) is 20.4. The smallest absolute Gasteiger partial charge is 0.160 e. The Balaban J connectivity index is 1.52. The quantitative estimate of drug-likeness (QED) is 0.278. The summed E-state index contributed by atoms with van der Waals surface area (Å²) < 4.78 is 22.4. The average molecular weight is 457 g/mol. The number of benzene rings is 4. The molecular formula is C30H32O4. The van der Waals surface area contributed by atoms with Gasteiger partial charge in [0.1, 0.15) is 11.5 Å². The fraction of sp³-hybridized carbons (Fsp3) is 0.333. The van der Waals surface area contributed by atoms with Crippen LogP contribution in [0.3, 0.4) is 0 Å². The summed E-state index contributed by atoms with van der Waals surface area (Å²) in [6, 6.07) is 19.4. The highest BCUT2D eigenvalue weighted by molar-refractivity contribution is 6.13. The minimum absolute atomic E-state index is 0.549. The van der Waals surface area contributed by atoms with Crippen molar-refractivity contribution in [3.63, 3.8) is 0 Å². The van der Waals surface area contributed by atoms with Gasteiger partial charge in [0.25, 0.3) is 0 Å². The van der Waals surface area contributed by atoms with Crippen molar-refractivity contribution in [1.29, 1.82) is 0 Å². The predicted octanol–water partition coefficient (Wildman–Crippen LogP) is 7.08. The summed E-state index contributed by atoms with van der Waals surface area (Å²) in [6.07, 6.45) is 5.68. The SMILES string of the molecule is COc1ccc(CCC2CCCc3c2ccc2c3cc(OC)c3c(OC)cccc32)cc1OC. The van der Waals surface area contributed by atoms with E-state index in [1.165, 1.54) is 45.7 Å². The Morgan fingerprint density at radius 2 is 1.50 bits per heavy atom. The second-order valence-electron chi connectivity index (χ2n) is 9.01. The molecule has 0 N–H and O–H groups in total. The van der Waals surface area contributed by atoms with Gasteiger partial charge in [0.15, 0.2) is 11.5 Å². The van der Waals surface area contributed by atoms with E-state index in [9.17, 15) is 0 Å². The Bertz CT molecular complexity index is 1340. The number of hydrogen-bond acceptors (Lipinski definition) is 4. The van der Waals surface area contributed by atoms with Gasteiger partial charge < -0.3 is 18.9 Å². The lowest BCUT2D eigenvalue weighted by atomic mass is 9.77. The molecule has 1 unspecified atom stereocenters. The molecule has 4 aromatic rings. The highest BCUT2D eigenvalue weighted by atomic mass is 16.5. The molecule has 1 aliphatic carbocycles. The molecule has 34 heavy (non-hydrogen) atoms. The van der Waals surface area contributed by atoms with Crippen LogP contribution in [0.5, 0.6) is 23.0 Å². The molecule has 0 heterocycles. The van der Waals surface area contributed by atoms with Gasteiger partial charge in [-0.15, -0.1) is 0 Å². The molecule has 1 atom stereocenters. The number of fused-ring (bicyclic) bond motifs is 5. The average Bonchev–Trinajstić information content (AvgIpc) is 2.90. The minimum Gasteiger partial charge on any atom is -0.496 e. The van der Waals surface area contributed by atoms with E-state index in [2.05, 4.69) is 42.5 Å². The van der Waals surface area contributed by atoms with Crippen LogP contribution in [0.2, 0.25) is 0 Å². The lowest BCUT2D eigenvalue weighted by Gasteiger charge is -2.27. The van der Waals surface area contributed by atoms with Crippen molar-refractivity contribution in [2.24, 2.45) is 0 Å². The second kappa shape index (κ2) is 9.46. The molecule has 0 fully saturated rings. The van der Waals surface area contributed by atoms with Crippen LogP contribution in [0.15, 0.2) is 54.6 Å². The highest BCUT2D eigenvalue weighted by Gasteiger charge is 2.24. The van der Waals surface area contributed by atoms with Gasteiger partial charge in [0.2, 0.25) is 0 Å². The molecule has 0 saturated heterocycles. The Morgan fingerprint density at radius 3 is 2.26 bits per heavy atom. The summed E-state index contributed by atoms with van der Waals surface area (Å²) in [5.74, 6) is 3.85. The Labute approximate surface area is 201 Å². The first-order valence-corrected chi connectivity index (χ1v) is 12.0. The van der Waals surface area contributed by atoms with Crippen molar-refractivity contribution < 1.29 is 18.9 Å². The van der Waals surface area contributed by atoms with Crippen molar-refractivity contribution in [3.05, 3.63) is 71.3 Å². The lowest BCUT2D eigenvalue weighted by molar-refractivity contribution is 0.354. The van der Waals surface area contributed by atoms with E-state index in [1.54, 1.807) is 28.4 Å². The monoisotopic (exact) mass is 456 g/mol. The van der Waals surface area contributed by atoms with E-state index in [-0.39, 0.29) is 0 Å². The molecule has 5 rings (SSSR count). The molecule has 0 aromatic heterocycles. The molecule has 0 bridgehead atoms. The van der Waals surface area contributed by atoms with Crippen LogP contribution in [0.1, 0.15) is 41.9 Å². The van der Waals surface area contributed by atoms with E-state index < -0.39 is 0 Å². The van der Waals surface area contributed by atoms with Gasteiger partial charge in [-0.25, -0.2) is 0 Å². The van der Waals surface area contributed by atoms with Crippen molar-refractivity contribution >= 4 is 21.5 Å². The fourth-order valence-corrected chi connectivity index (χ4v) is 5.64. The van der Waals surface area contributed by atoms with Crippen molar-refractivity contribution in [2.45, 2.75) is 38.0 Å². The maximum absolute atomic E-state index is 5.84. The molecular weight excluding hydrogens is 424 g/mol. The molecule has 0 amide bonds. The number of aryl methyl sites for hydroxylation is 2. The van der Waals surface area contributed by atoms with Gasteiger partial charge >= 0.3 is 0 Å². The normalized spacial score (nSPS) is 15.2. The largest absolute Gasteiger partial charge is 0.496 e. The molecule has 4 nitrogen and oxygen atoms in total. The van der Waals surface area contributed by atoms with Gasteiger partial charge in [0.05, 0.1) is 33.8 Å². The van der Waals surface area contributed by atoms with Crippen molar-refractivity contribution in [3.8, 4) is 23.0 Å². The third kappa shape index (κ3) is 3.81. The molecule has 176 valence electrons. The molecule has 0 radical (unpaired) electrons. The van der Waals surface area contributed by atoms with E-state index in [1.807, 2.05) is 12.1 Å². The molecule has 4 heteroatoms. The summed E-state index contributed by atoms with van der Waals surface area (Å²) in [5.41, 5.74) is 4.25. The maximum Gasteiger partial charge on any atom is 0.160 e. The van der Waals surface area contributed by atoms with Gasteiger partial charge in [-0.05, 0) is 95.1 Å². The summed E-state index contributed by atoms with van der Waals surface area (Å²) in [6.45, 7) is 0. The van der Waals surface area contributed by atoms with Crippen LogP contribution in [0.4, 0.5) is 0 Å². The summed E-state index contributed by atoms with van der Waals surface area (Å²) in [7, 11) is 6.83. The fourth-order valence-electron chi connectivity index (χ4n) is 5.64. The van der Waals surface area contributed by atoms with Crippen LogP contribution in [-0.4, -0.2) is 28.4 Å². The minimum atomic E-state index is 0.549. The van der Waals surface area contributed by atoms with Gasteiger partial charge in [0, 0.05) is 0 Å². The number of ether oxygens (including phenoxy) is 4. The summed E-state index contributed by atoms with van der Waals surface area (Å²) in [4.78, 5) is 0. The first-order valence-electron chi connectivity index (χ1n) is 12.0. The Morgan fingerprint density at radius 1 is 0.706 bits per heavy atom. The topological polar surface area (TPSA) is 36.9 Å². The Hall–Kier alpha value is -3.40. The zero-order chi connectivity index (χ0) is 23.7. The van der Waals surface area contributed by atoms with Crippen LogP contribution in [0.25, 0.3) is 21.5 Å². The molecule has 0 saturated carbocycles. The maximum atomic E-state index is 5.84. The van der Waals surface area contributed by atoms with Crippen LogP contribution in [0, 0.1) is 0 Å². The molecule has 4 aromatic carbocycles. The van der Waals surface area contributed by atoms with E-state index in [4.69, 9.17) is 18.9 Å². The number of rotatable bonds is 7. The van der Waals surface area contributed by atoms with Crippen molar-refractivity contribution in [1.82, 2.24) is 0 Å². The van der Waals surface area contributed by atoms with E-state index in [0.29, 0.717) is 5.92 Å². The van der Waals surface area contributed by atoms with E-state index in [0.717, 1.165) is 47.6 Å². The first kappa shape index (κ1) is 22.4. The Kier molecular flexibility index (Phi) is 6.23. The molecule has 0 aliphatic heterocycles. The summed E-state index contributed by atoms with van der Waals surface area (Å²) >= 11 is 0. The second-order valence-corrected chi connectivity index (χ2v) is 9.01. The van der Waals surface area contributed by atoms with Gasteiger partial charge in [-0.2, -0.15) is 0 Å². The third-order valence-corrected chi connectivity index (χ3v) is 7.32. The van der Waals surface area contributed by atoms with Crippen molar-refractivity contribution in [2.75, 3.05) is 28.4 Å². The van der Waals surface area contributed by atoms with Gasteiger partial charge in [-0.1, -0.05) is 30.3 Å². The van der Waals surface area contributed by atoms with E-state index >= 15 is 0 Å². The third-order valence-electron chi connectivity index (χ3n) is 7.32. The lowest BCUT2D eigenvalue weighted by Crippen LogP contribution is -2.11. The molecule has 0 spiro atoms. The standard InChI is InChI=1S/C30H32O4/c1-31-26-16-12-19(17-28(26)33-3)11-13-20-7-5-8-22-21(20)14-15-23-24-9-6-10-27(32-2)30(24)29(34-4)18-25(22)23/h6,9-10,12,14-18,20H,5,7-8,11,13H2,1-4H3. The van der Waals surface area contributed by atoms with Crippen LogP contribution in [-0.2, 0) is 12.8 Å². The predicted molar refractivity (Wildman–Crippen MR) is 138 cm³/mol.